The minimum Gasteiger partial charge on any atom is -0.474 e. The zero-order valence-corrected chi connectivity index (χ0v) is 38.4. The number of fused-ring (bicyclic) bond motifs is 4. The molecule has 6 heterocycles. The molecule has 0 radical (unpaired) electrons. The predicted octanol–water partition coefficient (Wildman–Crippen LogP) is 5.69. The smallest absolute Gasteiger partial charge is 0.335 e. The van der Waals surface area contributed by atoms with Crippen LogP contribution in [0.5, 0.6) is 11.8 Å². The molecule has 4 aromatic rings. The highest BCUT2D eigenvalue weighted by Crippen LogP contribution is 2.35. The van der Waals surface area contributed by atoms with E-state index in [1.807, 2.05) is 65.5 Å². The van der Waals surface area contributed by atoms with Crippen LogP contribution in [0, 0.1) is 44.7 Å². The highest BCUT2D eigenvalue weighted by atomic mass is 32.1. The number of piperidine rings is 2. The van der Waals surface area contributed by atoms with E-state index in [0.717, 1.165) is 42.7 Å². The van der Waals surface area contributed by atoms with Gasteiger partial charge in [0, 0.05) is 43.2 Å². The number of hydrogen-bond acceptors (Lipinski definition) is 16. The van der Waals surface area contributed by atoms with Crippen LogP contribution in [0.3, 0.4) is 0 Å². The molecule has 4 saturated heterocycles. The molecule has 8 rings (SSSR count). The van der Waals surface area contributed by atoms with E-state index in [4.69, 9.17) is 35.8 Å². The maximum Gasteiger partial charge on any atom is 0.335 e. The van der Waals surface area contributed by atoms with Crippen LogP contribution in [-0.2, 0) is 37.4 Å². The number of ether oxygens (including phenoxy) is 4. The van der Waals surface area contributed by atoms with E-state index in [1.165, 1.54) is 24.8 Å². The van der Waals surface area contributed by atoms with E-state index < -0.39 is 28.6 Å². The summed E-state index contributed by atoms with van der Waals surface area (Å²) in [6, 6.07) is 10.7. The van der Waals surface area contributed by atoms with Gasteiger partial charge in [0.1, 0.15) is 48.1 Å². The number of anilines is 4. The van der Waals surface area contributed by atoms with Crippen LogP contribution in [0.4, 0.5) is 31.8 Å². The van der Waals surface area contributed by atoms with E-state index in [2.05, 4.69) is 35.9 Å². The minimum atomic E-state index is -0.750. The van der Waals surface area contributed by atoms with Crippen LogP contribution in [0.15, 0.2) is 49.1 Å². The third kappa shape index (κ3) is 13.3. The summed E-state index contributed by atoms with van der Waals surface area (Å²) in [7, 11) is 0. The van der Waals surface area contributed by atoms with Gasteiger partial charge in [-0.3, -0.25) is 4.79 Å². The number of aryl methyl sites for hydroxylation is 2. The molecule has 4 fully saturated rings. The first kappa shape index (κ1) is 49.7. The summed E-state index contributed by atoms with van der Waals surface area (Å²) >= 11 is -1.50. The molecule has 1 amide bonds. The van der Waals surface area contributed by atoms with Gasteiger partial charge in [-0.05, 0) is 63.1 Å². The quantitative estimate of drug-likeness (QED) is 0.194. The SMILES string of the molecule is Cc1ccc(Nc2ncnc(OC3CC4COCC(C3)N4)c2C)c(F)c1.Cc1ccc(Nc2ncnc(OC3CC4COCC(C3)N4C(=O)C(C)(C)C)c2C)c(F)c1.O=S=O.O=S=O. The van der Waals surface area contributed by atoms with Crippen molar-refractivity contribution < 1.29 is 49.4 Å². The number of morpholine rings is 2. The molecular formula is C43H54F2N8O9S2. The maximum atomic E-state index is 14.3. The Morgan fingerprint density at radius 2 is 1.09 bits per heavy atom. The average Bonchev–Trinajstić information content (AvgIpc) is 3.22. The Kier molecular flexibility index (Phi) is 17.9. The van der Waals surface area contributed by atoms with Crippen molar-refractivity contribution in [2.45, 2.75) is 111 Å². The van der Waals surface area contributed by atoms with Gasteiger partial charge in [-0.1, -0.05) is 32.9 Å². The molecule has 21 heteroatoms. The lowest BCUT2D eigenvalue weighted by atomic mass is 9.86. The largest absolute Gasteiger partial charge is 0.474 e. The van der Waals surface area contributed by atoms with Crippen LogP contribution < -0.4 is 25.4 Å². The molecule has 0 saturated carbocycles. The number of hydrogen-bond donors (Lipinski definition) is 3. The lowest BCUT2D eigenvalue weighted by Crippen LogP contribution is -2.62. The van der Waals surface area contributed by atoms with Crippen molar-refractivity contribution in [2.75, 3.05) is 37.1 Å². The number of benzene rings is 2. The normalized spacial score (nSPS) is 22.0. The molecule has 4 bridgehead atoms. The third-order valence-corrected chi connectivity index (χ3v) is 10.9. The van der Waals surface area contributed by atoms with Crippen molar-refractivity contribution in [3.05, 3.63) is 82.9 Å². The lowest BCUT2D eigenvalue weighted by Gasteiger charge is -2.49. The van der Waals surface area contributed by atoms with Crippen LogP contribution in [-0.4, -0.2) is 110 Å². The second-order valence-electron chi connectivity index (χ2n) is 17.0. The molecule has 3 N–H and O–H groups in total. The summed E-state index contributed by atoms with van der Waals surface area (Å²) in [5.41, 5.74) is 3.51. The summed E-state index contributed by atoms with van der Waals surface area (Å²) in [5, 5.41) is 9.64. The first-order chi connectivity index (χ1) is 30.5. The van der Waals surface area contributed by atoms with Crippen molar-refractivity contribution in [1.29, 1.82) is 0 Å². The molecule has 346 valence electrons. The van der Waals surface area contributed by atoms with Gasteiger partial charge in [-0.2, -0.15) is 16.8 Å². The van der Waals surface area contributed by atoms with E-state index in [9.17, 15) is 13.6 Å². The number of amides is 1. The number of nitrogens with zero attached hydrogens (tertiary/aromatic N) is 5. The molecule has 4 aliphatic heterocycles. The number of nitrogens with one attached hydrogen (secondary N) is 3. The molecule has 4 aliphatic rings. The van der Waals surface area contributed by atoms with Gasteiger partial charge in [0.25, 0.3) is 0 Å². The first-order valence-corrected chi connectivity index (χ1v) is 22.0. The van der Waals surface area contributed by atoms with E-state index in [0.29, 0.717) is 78.5 Å². The van der Waals surface area contributed by atoms with Gasteiger partial charge in [-0.15, -0.1) is 0 Å². The van der Waals surface area contributed by atoms with E-state index in [1.54, 1.807) is 12.1 Å². The Bertz CT molecular complexity index is 2280. The molecule has 4 atom stereocenters. The monoisotopic (exact) mass is 928 g/mol. The summed E-state index contributed by atoms with van der Waals surface area (Å²) < 4.78 is 85.3. The molecule has 2 aromatic heterocycles. The minimum absolute atomic E-state index is 0.0133. The van der Waals surface area contributed by atoms with Crippen molar-refractivity contribution in [3.63, 3.8) is 0 Å². The molecule has 0 spiro atoms. The molecule has 0 aliphatic carbocycles. The highest BCUT2D eigenvalue weighted by Gasteiger charge is 2.45. The van der Waals surface area contributed by atoms with Crippen LogP contribution in [0.2, 0.25) is 0 Å². The Morgan fingerprint density at radius 1 is 0.688 bits per heavy atom. The Morgan fingerprint density at radius 3 is 1.50 bits per heavy atom. The second kappa shape index (κ2) is 23.0. The van der Waals surface area contributed by atoms with Gasteiger partial charge in [-0.25, -0.2) is 28.7 Å². The van der Waals surface area contributed by atoms with Gasteiger partial charge in [0.2, 0.25) is 17.7 Å². The zero-order chi connectivity index (χ0) is 46.6. The fourth-order valence-electron chi connectivity index (χ4n) is 7.93. The summed E-state index contributed by atoms with van der Waals surface area (Å²) in [6.45, 7) is 15.8. The Labute approximate surface area is 378 Å². The predicted molar refractivity (Wildman–Crippen MR) is 234 cm³/mol. The number of aromatic nitrogens is 4. The number of carbonyl (C=O) groups is 1. The van der Waals surface area contributed by atoms with Crippen molar-refractivity contribution in [2.24, 2.45) is 5.41 Å². The van der Waals surface area contributed by atoms with Crippen molar-refractivity contribution >= 4 is 52.1 Å². The number of carbonyl (C=O) groups excluding carboxylic acids is 1. The van der Waals surface area contributed by atoms with E-state index in [-0.39, 0.29) is 41.8 Å². The summed E-state index contributed by atoms with van der Waals surface area (Å²) in [4.78, 5) is 32.1. The van der Waals surface area contributed by atoms with Crippen LogP contribution in [0.1, 0.15) is 68.7 Å². The fraction of sp³-hybridized carbons (Fsp3) is 0.512. The molecular weight excluding hydrogens is 875 g/mol. The third-order valence-electron chi connectivity index (χ3n) is 10.9. The van der Waals surface area contributed by atoms with Crippen LogP contribution in [0.25, 0.3) is 0 Å². The number of halogens is 2. The summed E-state index contributed by atoms with van der Waals surface area (Å²) in [5.74, 6) is 1.57. The molecule has 17 nitrogen and oxygen atoms in total. The number of rotatable bonds is 8. The lowest BCUT2D eigenvalue weighted by molar-refractivity contribution is -0.163. The molecule has 64 heavy (non-hydrogen) atoms. The standard InChI is InChI=1S/C24H31FN4O3.C19H23FN4O2.2O2S/c1-14-6-7-20(19(25)8-14)28-21-15(2)22(27-13-26-21)32-18-9-16-11-31-12-17(10-18)29(16)23(30)24(3,4)5;1-11-3-4-17(16(20)5-11)24-18-12(2)19(22-10-21-18)26-15-6-13-8-25-9-14(7-15)23-13;2*1-3-2/h6-8,13,16-18H,9-12H2,1-5H3,(H,26,27,28);3-5,10,13-15,23H,6-9H2,1-2H3,(H,21,22,24);;. The van der Waals surface area contributed by atoms with Gasteiger partial charge in [0.05, 0.1) is 61.0 Å². The van der Waals surface area contributed by atoms with Gasteiger partial charge in [0.15, 0.2) is 0 Å². The topological polar surface area (TPSA) is 213 Å². The molecule has 2 aromatic carbocycles. The van der Waals surface area contributed by atoms with Gasteiger partial charge < -0.3 is 39.8 Å². The van der Waals surface area contributed by atoms with Crippen molar-refractivity contribution in [3.8, 4) is 11.8 Å². The van der Waals surface area contributed by atoms with Crippen LogP contribution >= 0.6 is 0 Å². The van der Waals surface area contributed by atoms with Crippen molar-refractivity contribution in [1.82, 2.24) is 30.2 Å². The highest BCUT2D eigenvalue weighted by molar-refractivity contribution is 7.51. The van der Waals surface area contributed by atoms with E-state index >= 15 is 0 Å². The second-order valence-corrected chi connectivity index (χ2v) is 17.3. The maximum absolute atomic E-state index is 14.3. The molecule has 4 unspecified atom stereocenters. The fourth-order valence-corrected chi connectivity index (χ4v) is 7.93. The van der Waals surface area contributed by atoms with Gasteiger partial charge >= 0.3 is 23.1 Å². The first-order valence-electron chi connectivity index (χ1n) is 20.7. The Balaban J connectivity index is 0.000000218. The zero-order valence-electron chi connectivity index (χ0n) is 36.7. The Hall–Kier alpha value is -5.35. The summed E-state index contributed by atoms with van der Waals surface area (Å²) in [6.07, 6.45) is 5.99. The average molecular weight is 929 g/mol.